The summed E-state index contributed by atoms with van der Waals surface area (Å²) in [5.74, 6) is -1.70. The third-order valence-corrected chi connectivity index (χ3v) is 4.77. The van der Waals surface area contributed by atoms with E-state index in [0.717, 1.165) is 29.5 Å². The van der Waals surface area contributed by atoms with Gasteiger partial charge in [0.15, 0.2) is 5.01 Å². The van der Waals surface area contributed by atoms with Gasteiger partial charge in [-0.25, -0.2) is 8.78 Å². The highest BCUT2D eigenvalue weighted by molar-refractivity contribution is 7.15. The van der Waals surface area contributed by atoms with Crippen molar-refractivity contribution in [3.8, 4) is 0 Å². The summed E-state index contributed by atoms with van der Waals surface area (Å²) < 4.78 is 26.9. The van der Waals surface area contributed by atoms with Crippen molar-refractivity contribution in [1.29, 1.82) is 0 Å². The van der Waals surface area contributed by atoms with Gasteiger partial charge < -0.3 is 5.32 Å². The first kappa shape index (κ1) is 18.4. The predicted octanol–water partition coefficient (Wildman–Crippen LogP) is 5.46. The summed E-state index contributed by atoms with van der Waals surface area (Å²) in [5, 5.41) is 11.1. The molecule has 1 aromatic heterocycles. The number of amides is 1. The van der Waals surface area contributed by atoms with E-state index in [2.05, 4.69) is 15.5 Å². The van der Waals surface area contributed by atoms with Gasteiger partial charge in [-0.3, -0.25) is 4.79 Å². The number of carbonyl (C=O) groups is 1. The first-order chi connectivity index (χ1) is 12.4. The second kappa shape index (κ2) is 7.90. The molecule has 0 spiro atoms. The van der Waals surface area contributed by atoms with E-state index >= 15 is 0 Å². The van der Waals surface area contributed by atoms with Gasteiger partial charge in [-0.15, -0.1) is 10.2 Å². The third kappa shape index (κ3) is 4.43. The smallest absolute Gasteiger partial charge is 0.286 e. The summed E-state index contributed by atoms with van der Waals surface area (Å²) in [4.78, 5) is 12.2. The second-order valence-electron chi connectivity index (χ2n) is 5.03. The molecule has 0 aliphatic carbocycles. The molecule has 3 rings (SSSR count). The van der Waals surface area contributed by atoms with Crippen LogP contribution < -0.4 is 5.32 Å². The molecule has 0 unspecified atom stereocenters. The monoisotopic (exact) mass is 411 g/mol. The van der Waals surface area contributed by atoms with E-state index in [9.17, 15) is 13.6 Å². The molecule has 9 heteroatoms. The van der Waals surface area contributed by atoms with Crippen molar-refractivity contribution in [2.45, 2.75) is 0 Å². The van der Waals surface area contributed by atoms with Crippen molar-refractivity contribution in [3.05, 3.63) is 74.7 Å². The molecule has 0 aliphatic rings. The van der Waals surface area contributed by atoms with Crippen LogP contribution in [0.2, 0.25) is 5.02 Å². The maximum Gasteiger partial charge on any atom is 0.286 e. The number of rotatable bonds is 4. The van der Waals surface area contributed by atoms with E-state index in [4.69, 9.17) is 23.2 Å². The zero-order valence-electron chi connectivity index (χ0n) is 12.8. The van der Waals surface area contributed by atoms with Gasteiger partial charge in [0.05, 0.1) is 5.03 Å². The fraction of sp³-hybridized carbons (Fsp3) is 0. The molecule has 0 atom stereocenters. The summed E-state index contributed by atoms with van der Waals surface area (Å²) in [6.07, 6.45) is 1.22. The summed E-state index contributed by atoms with van der Waals surface area (Å²) in [7, 11) is 0. The van der Waals surface area contributed by atoms with Crippen LogP contribution in [0.25, 0.3) is 11.1 Å². The van der Waals surface area contributed by atoms with Crippen LogP contribution in [-0.4, -0.2) is 16.1 Å². The maximum atomic E-state index is 13.7. The average molecular weight is 412 g/mol. The van der Waals surface area contributed by atoms with E-state index in [1.54, 1.807) is 24.3 Å². The molecule has 4 nitrogen and oxygen atoms in total. The molecule has 1 heterocycles. The third-order valence-electron chi connectivity index (χ3n) is 3.17. The number of carbonyl (C=O) groups excluding carboxylic acids is 1. The maximum absolute atomic E-state index is 13.7. The molecular formula is C17H9Cl2F2N3OS. The minimum atomic E-state index is -0.630. The van der Waals surface area contributed by atoms with Crippen LogP contribution in [0.15, 0.2) is 42.5 Å². The zero-order valence-corrected chi connectivity index (χ0v) is 15.2. The van der Waals surface area contributed by atoms with Gasteiger partial charge >= 0.3 is 0 Å². The van der Waals surface area contributed by atoms with Gasteiger partial charge in [0.25, 0.3) is 5.91 Å². The lowest BCUT2D eigenvalue weighted by molar-refractivity contribution is 0.102. The normalized spacial score (nSPS) is 11.5. The molecule has 0 bridgehead atoms. The first-order valence-corrected chi connectivity index (χ1v) is 8.72. The molecular weight excluding hydrogens is 403 g/mol. The lowest BCUT2D eigenvalue weighted by Gasteiger charge is -2.01. The molecule has 0 aliphatic heterocycles. The van der Waals surface area contributed by atoms with Gasteiger partial charge in [-0.05, 0) is 48.5 Å². The average Bonchev–Trinajstić information content (AvgIpc) is 3.10. The molecule has 0 fully saturated rings. The minimum absolute atomic E-state index is 0.0302. The predicted molar refractivity (Wildman–Crippen MR) is 99.4 cm³/mol. The van der Waals surface area contributed by atoms with Crippen molar-refractivity contribution in [1.82, 2.24) is 10.2 Å². The lowest BCUT2D eigenvalue weighted by atomic mass is 10.2. The Morgan fingerprint density at radius 3 is 2.50 bits per heavy atom. The number of nitrogens with one attached hydrogen (secondary N) is 1. The van der Waals surface area contributed by atoms with Gasteiger partial charge in [-0.1, -0.05) is 34.5 Å². The van der Waals surface area contributed by atoms with Gasteiger partial charge in [0, 0.05) is 16.3 Å². The molecule has 132 valence electrons. The Balaban J connectivity index is 1.78. The second-order valence-corrected chi connectivity index (χ2v) is 6.85. The Morgan fingerprint density at radius 2 is 1.77 bits per heavy atom. The van der Waals surface area contributed by atoms with Crippen LogP contribution >= 0.6 is 34.5 Å². The van der Waals surface area contributed by atoms with Crippen LogP contribution in [-0.2, 0) is 0 Å². The van der Waals surface area contributed by atoms with Crippen molar-refractivity contribution < 1.29 is 13.6 Å². The Morgan fingerprint density at radius 1 is 1.08 bits per heavy atom. The lowest BCUT2D eigenvalue weighted by Crippen LogP contribution is -2.11. The van der Waals surface area contributed by atoms with Gasteiger partial charge in [0.1, 0.15) is 11.6 Å². The SMILES string of the molecule is O=C(Nc1ccc(Cl)cc1)c1nnc(/C(Cl)=C/c2cc(F)ccc2F)s1. The molecule has 1 amide bonds. The highest BCUT2D eigenvalue weighted by atomic mass is 35.5. The first-order valence-electron chi connectivity index (χ1n) is 7.15. The zero-order chi connectivity index (χ0) is 18.7. The van der Waals surface area contributed by atoms with Crippen LogP contribution in [0.1, 0.15) is 20.4 Å². The minimum Gasteiger partial charge on any atom is -0.320 e. The van der Waals surface area contributed by atoms with Crippen molar-refractivity contribution in [2.75, 3.05) is 5.32 Å². The van der Waals surface area contributed by atoms with E-state index in [0.29, 0.717) is 10.7 Å². The van der Waals surface area contributed by atoms with E-state index < -0.39 is 17.5 Å². The molecule has 26 heavy (non-hydrogen) atoms. The topological polar surface area (TPSA) is 54.9 Å². The van der Waals surface area contributed by atoms with Gasteiger partial charge in [-0.2, -0.15) is 0 Å². The molecule has 1 N–H and O–H groups in total. The fourth-order valence-electron chi connectivity index (χ4n) is 1.95. The van der Waals surface area contributed by atoms with E-state index in [1.807, 2.05) is 0 Å². The van der Waals surface area contributed by atoms with Crippen molar-refractivity contribution in [3.63, 3.8) is 0 Å². The van der Waals surface area contributed by atoms with Crippen molar-refractivity contribution >= 4 is 57.2 Å². The molecule has 0 saturated carbocycles. The van der Waals surface area contributed by atoms with E-state index in [-0.39, 0.29) is 20.6 Å². The van der Waals surface area contributed by atoms with Crippen LogP contribution in [0.5, 0.6) is 0 Å². The Bertz CT molecular complexity index is 990. The van der Waals surface area contributed by atoms with Crippen molar-refractivity contribution in [2.24, 2.45) is 0 Å². The standard InChI is InChI=1S/C17H9Cl2F2N3OS/c18-10-1-4-12(5-2-10)22-15(25)17-24-23-16(26-17)13(19)8-9-7-11(20)3-6-14(9)21/h1-8H,(H,22,25)/b13-8-. The highest BCUT2D eigenvalue weighted by Gasteiger charge is 2.15. The van der Waals surface area contributed by atoms with Gasteiger partial charge in [0.2, 0.25) is 5.01 Å². The number of nitrogens with zero attached hydrogens (tertiary/aromatic N) is 2. The Labute approximate surface area is 161 Å². The summed E-state index contributed by atoms with van der Waals surface area (Å²) >= 11 is 12.8. The summed E-state index contributed by atoms with van der Waals surface area (Å²) in [6.45, 7) is 0. The Hall–Kier alpha value is -2.35. The molecule has 3 aromatic rings. The van der Waals surface area contributed by atoms with Crippen LogP contribution in [0.3, 0.4) is 0 Å². The van der Waals surface area contributed by atoms with Crippen LogP contribution in [0.4, 0.5) is 14.5 Å². The van der Waals surface area contributed by atoms with E-state index in [1.165, 1.54) is 6.08 Å². The molecule has 0 radical (unpaired) electrons. The van der Waals surface area contributed by atoms with Crippen LogP contribution in [0, 0.1) is 11.6 Å². The Kier molecular flexibility index (Phi) is 5.61. The summed E-state index contributed by atoms with van der Waals surface area (Å²) in [6, 6.07) is 9.56. The largest absolute Gasteiger partial charge is 0.320 e. The fourth-order valence-corrected chi connectivity index (χ4v) is 3.00. The molecule has 2 aromatic carbocycles. The molecule has 0 saturated heterocycles. The number of hydrogen-bond donors (Lipinski definition) is 1. The summed E-state index contributed by atoms with van der Waals surface area (Å²) in [5.41, 5.74) is 0.511. The quantitative estimate of drug-likeness (QED) is 0.619. The number of hydrogen-bond acceptors (Lipinski definition) is 4. The highest BCUT2D eigenvalue weighted by Crippen LogP contribution is 2.27. The number of aromatic nitrogens is 2. The number of halogens is 4. The number of benzene rings is 2. The number of anilines is 1.